The van der Waals surface area contributed by atoms with Gasteiger partial charge in [-0.1, -0.05) is 11.6 Å². The van der Waals surface area contributed by atoms with Crippen molar-refractivity contribution in [3.8, 4) is 23.0 Å². The number of phenols is 1. The van der Waals surface area contributed by atoms with E-state index in [0.717, 1.165) is 11.1 Å². The van der Waals surface area contributed by atoms with Crippen molar-refractivity contribution in [2.45, 2.75) is 31.7 Å². The van der Waals surface area contributed by atoms with Crippen LogP contribution < -0.4 is 14.2 Å². The highest BCUT2D eigenvalue weighted by Crippen LogP contribution is 2.58. The van der Waals surface area contributed by atoms with E-state index in [0.29, 0.717) is 23.5 Å². The molecule has 2 aliphatic heterocycles. The number of fused-ring (bicyclic) bond motifs is 5. The van der Waals surface area contributed by atoms with Crippen LogP contribution in [-0.4, -0.2) is 29.0 Å². The van der Waals surface area contributed by atoms with Crippen molar-refractivity contribution in [3.05, 3.63) is 58.7 Å². The minimum Gasteiger partial charge on any atom is -0.508 e. The summed E-state index contributed by atoms with van der Waals surface area (Å²) >= 11 is 0. The Hall–Kier alpha value is -2.70. The molecule has 2 atom stereocenters. The number of phenolic OH excluding ortho intramolecular Hbond substituents is 1. The van der Waals surface area contributed by atoms with Gasteiger partial charge in [0.15, 0.2) is 5.60 Å². The highest BCUT2D eigenvalue weighted by molar-refractivity contribution is 5.60. The first kappa shape index (κ1) is 17.7. The standard InChI is InChI=1S/C21H22O6/c1-12(2)4-6-14-17(25-3)9-8-16-19(14)27-21(24)15-7-5-13(22)10-18(15)26-11-20(16,21)23/h4-5,7-10,22-24H,6,11H2,1-3H3/t20-,21-/m1/s1. The van der Waals surface area contributed by atoms with Crippen LogP contribution in [-0.2, 0) is 17.8 Å². The minimum absolute atomic E-state index is 0.00390. The first-order valence-electron chi connectivity index (χ1n) is 8.74. The van der Waals surface area contributed by atoms with Gasteiger partial charge < -0.3 is 29.5 Å². The second-order valence-corrected chi connectivity index (χ2v) is 7.18. The fourth-order valence-electron chi connectivity index (χ4n) is 3.70. The summed E-state index contributed by atoms with van der Waals surface area (Å²) in [6.07, 6.45) is 2.56. The molecule has 2 aliphatic rings. The summed E-state index contributed by atoms with van der Waals surface area (Å²) in [5.41, 5.74) is 0.802. The fraction of sp³-hybridized carbons (Fsp3) is 0.333. The van der Waals surface area contributed by atoms with Crippen LogP contribution in [0, 0.1) is 0 Å². The summed E-state index contributed by atoms with van der Waals surface area (Å²) in [7, 11) is 1.57. The molecule has 0 radical (unpaired) electrons. The second kappa shape index (κ2) is 5.90. The Kier molecular flexibility index (Phi) is 3.87. The number of aromatic hydroxyl groups is 1. The van der Waals surface area contributed by atoms with Crippen LogP contribution in [0.5, 0.6) is 23.0 Å². The lowest BCUT2D eigenvalue weighted by molar-refractivity contribution is -0.272. The third-order valence-corrected chi connectivity index (χ3v) is 5.17. The summed E-state index contributed by atoms with van der Waals surface area (Å²) in [4.78, 5) is 0. The van der Waals surface area contributed by atoms with Crippen molar-refractivity contribution in [1.29, 1.82) is 0 Å². The van der Waals surface area contributed by atoms with E-state index in [9.17, 15) is 15.3 Å². The molecule has 27 heavy (non-hydrogen) atoms. The molecule has 3 N–H and O–H groups in total. The molecule has 2 aromatic rings. The lowest BCUT2D eigenvalue weighted by Crippen LogP contribution is -2.55. The number of ether oxygens (including phenoxy) is 3. The van der Waals surface area contributed by atoms with Crippen LogP contribution in [0.1, 0.15) is 30.5 Å². The second-order valence-electron chi connectivity index (χ2n) is 7.18. The van der Waals surface area contributed by atoms with Crippen molar-refractivity contribution in [3.63, 3.8) is 0 Å². The quantitative estimate of drug-likeness (QED) is 0.720. The predicted octanol–water partition coefficient (Wildman–Crippen LogP) is 2.73. The Balaban J connectivity index is 1.91. The summed E-state index contributed by atoms with van der Waals surface area (Å²) < 4.78 is 17.1. The maximum absolute atomic E-state index is 11.4. The van der Waals surface area contributed by atoms with Crippen molar-refractivity contribution in [2.24, 2.45) is 0 Å². The van der Waals surface area contributed by atoms with Gasteiger partial charge in [-0.05, 0) is 44.5 Å². The molecule has 2 heterocycles. The van der Waals surface area contributed by atoms with Gasteiger partial charge in [0.25, 0.3) is 5.79 Å². The van der Waals surface area contributed by atoms with Crippen LogP contribution in [0.4, 0.5) is 0 Å². The predicted molar refractivity (Wildman–Crippen MR) is 98.2 cm³/mol. The molecule has 0 unspecified atom stereocenters. The van der Waals surface area contributed by atoms with Crippen LogP contribution in [0.2, 0.25) is 0 Å². The molecule has 0 aliphatic carbocycles. The fourth-order valence-corrected chi connectivity index (χ4v) is 3.70. The monoisotopic (exact) mass is 370 g/mol. The number of hydrogen-bond acceptors (Lipinski definition) is 6. The maximum atomic E-state index is 11.4. The zero-order valence-electron chi connectivity index (χ0n) is 15.4. The SMILES string of the molecule is COc1ccc2c(c1CC=C(C)C)O[C@]1(O)c3ccc(O)cc3OC[C@@]21O. The zero-order valence-corrected chi connectivity index (χ0v) is 15.4. The Morgan fingerprint density at radius 2 is 1.93 bits per heavy atom. The average Bonchev–Trinajstić information content (AvgIpc) is 2.87. The van der Waals surface area contributed by atoms with Crippen LogP contribution in [0.25, 0.3) is 0 Å². The van der Waals surface area contributed by atoms with E-state index in [1.54, 1.807) is 19.2 Å². The maximum Gasteiger partial charge on any atom is 0.275 e. The van der Waals surface area contributed by atoms with Gasteiger partial charge in [0.1, 0.15) is 29.6 Å². The molecular weight excluding hydrogens is 348 g/mol. The van der Waals surface area contributed by atoms with E-state index >= 15 is 0 Å². The van der Waals surface area contributed by atoms with E-state index in [1.165, 1.54) is 18.2 Å². The van der Waals surface area contributed by atoms with Gasteiger partial charge in [-0.25, -0.2) is 0 Å². The largest absolute Gasteiger partial charge is 0.508 e. The van der Waals surface area contributed by atoms with E-state index < -0.39 is 11.4 Å². The smallest absolute Gasteiger partial charge is 0.275 e. The molecule has 0 saturated heterocycles. The average molecular weight is 370 g/mol. The third-order valence-electron chi connectivity index (χ3n) is 5.17. The zero-order chi connectivity index (χ0) is 19.4. The number of rotatable bonds is 3. The summed E-state index contributed by atoms with van der Waals surface area (Å²) in [6.45, 7) is 3.78. The third kappa shape index (κ3) is 2.40. The van der Waals surface area contributed by atoms with E-state index in [4.69, 9.17) is 14.2 Å². The highest BCUT2D eigenvalue weighted by Gasteiger charge is 2.64. The summed E-state index contributed by atoms with van der Waals surface area (Å²) in [5.74, 6) is -0.745. The lowest BCUT2D eigenvalue weighted by Gasteiger charge is -2.40. The van der Waals surface area contributed by atoms with Gasteiger partial charge in [-0.15, -0.1) is 0 Å². The first-order valence-corrected chi connectivity index (χ1v) is 8.74. The minimum atomic E-state index is -2.03. The molecule has 0 spiro atoms. The van der Waals surface area contributed by atoms with Gasteiger partial charge in [0.05, 0.1) is 12.7 Å². The van der Waals surface area contributed by atoms with Crippen molar-refractivity contribution in [2.75, 3.05) is 13.7 Å². The number of aliphatic hydroxyl groups is 2. The molecule has 0 saturated carbocycles. The molecule has 0 bridgehead atoms. The highest BCUT2D eigenvalue weighted by atomic mass is 16.7. The van der Waals surface area contributed by atoms with E-state index in [-0.39, 0.29) is 23.7 Å². The Labute approximate surface area is 157 Å². The molecule has 0 aromatic heterocycles. The van der Waals surface area contributed by atoms with Gasteiger partial charge in [0, 0.05) is 17.2 Å². The molecule has 4 rings (SSSR count). The molecule has 0 fully saturated rings. The Bertz CT molecular complexity index is 946. The van der Waals surface area contributed by atoms with Crippen molar-refractivity contribution >= 4 is 0 Å². The lowest BCUT2D eigenvalue weighted by atomic mass is 9.81. The van der Waals surface area contributed by atoms with Crippen molar-refractivity contribution in [1.82, 2.24) is 0 Å². The molecule has 0 amide bonds. The molecule has 6 nitrogen and oxygen atoms in total. The Morgan fingerprint density at radius 3 is 2.63 bits per heavy atom. The molecule has 6 heteroatoms. The van der Waals surface area contributed by atoms with Crippen LogP contribution >= 0.6 is 0 Å². The number of allylic oxidation sites excluding steroid dienone is 2. The molecule has 142 valence electrons. The van der Waals surface area contributed by atoms with Gasteiger partial charge in [0.2, 0.25) is 0 Å². The summed E-state index contributed by atoms with van der Waals surface area (Å²) in [6, 6.07) is 7.75. The van der Waals surface area contributed by atoms with Gasteiger partial charge >= 0.3 is 0 Å². The topological polar surface area (TPSA) is 88.4 Å². The number of benzene rings is 2. The van der Waals surface area contributed by atoms with Crippen LogP contribution in [0.15, 0.2) is 42.0 Å². The van der Waals surface area contributed by atoms with Crippen LogP contribution in [0.3, 0.4) is 0 Å². The molecular formula is C21H22O6. The Morgan fingerprint density at radius 1 is 1.19 bits per heavy atom. The van der Waals surface area contributed by atoms with E-state index in [2.05, 4.69) is 0 Å². The van der Waals surface area contributed by atoms with Crippen molar-refractivity contribution < 1.29 is 29.5 Å². The van der Waals surface area contributed by atoms with Gasteiger partial charge in [-0.2, -0.15) is 0 Å². The number of hydrogen-bond donors (Lipinski definition) is 3. The van der Waals surface area contributed by atoms with E-state index in [1.807, 2.05) is 19.9 Å². The number of methoxy groups -OCH3 is 1. The molecule has 2 aromatic carbocycles. The summed E-state index contributed by atoms with van der Waals surface area (Å²) in [5, 5.41) is 32.5. The van der Waals surface area contributed by atoms with Gasteiger partial charge in [-0.3, -0.25) is 0 Å². The first-order chi connectivity index (χ1) is 12.8. The normalized spacial score (nSPS) is 24.8.